The quantitative estimate of drug-likeness (QED) is 0.808. The lowest BCUT2D eigenvalue weighted by molar-refractivity contribution is -0.173. The molecule has 0 bridgehead atoms. The van der Waals surface area contributed by atoms with Crippen LogP contribution in [0.3, 0.4) is 0 Å². The molecule has 3 nitrogen and oxygen atoms in total. The van der Waals surface area contributed by atoms with Crippen molar-refractivity contribution in [3.63, 3.8) is 0 Å². The molecule has 0 aliphatic rings. The normalized spacial score (nSPS) is 11.2. The van der Waals surface area contributed by atoms with E-state index in [4.69, 9.17) is 0 Å². The first-order valence-electron chi connectivity index (χ1n) is 4.97. The summed E-state index contributed by atoms with van der Waals surface area (Å²) < 4.78 is 39.4. The molecule has 0 spiro atoms. The zero-order valence-electron chi connectivity index (χ0n) is 8.96. The van der Waals surface area contributed by atoms with E-state index in [1.165, 1.54) is 0 Å². The maximum atomic E-state index is 11.7. The molecule has 0 aliphatic carbocycles. The highest BCUT2D eigenvalue weighted by Crippen LogP contribution is 2.13. The molecule has 17 heavy (non-hydrogen) atoms. The molecule has 94 valence electrons. The Balaban J connectivity index is 2.18. The second-order valence-electron chi connectivity index (χ2n) is 3.29. The van der Waals surface area contributed by atoms with Gasteiger partial charge in [0.1, 0.15) is 6.61 Å². The molecule has 0 unspecified atom stereocenters. The summed E-state index contributed by atoms with van der Waals surface area (Å²) in [7, 11) is 0. The molecule has 1 aromatic rings. The van der Waals surface area contributed by atoms with Crippen LogP contribution < -0.4 is 5.32 Å². The van der Waals surface area contributed by atoms with Crippen molar-refractivity contribution in [2.24, 2.45) is 0 Å². The van der Waals surface area contributed by atoms with Crippen LogP contribution in [-0.2, 0) is 4.74 Å². The zero-order chi connectivity index (χ0) is 12.7. The molecule has 0 heterocycles. The third kappa shape index (κ3) is 5.91. The SMILES string of the molecule is O=C(NCCOCC(F)(F)F)c1ccccc1. The van der Waals surface area contributed by atoms with Crippen molar-refractivity contribution in [2.75, 3.05) is 19.8 Å². The van der Waals surface area contributed by atoms with Crippen LogP contribution >= 0.6 is 0 Å². The number of halogens is 3. The molecule has 0 fully saturated rings. The van der Waals surface area contributed by atoms with Gasteiger partial charge in [-0.2, -0.15) is 13.2 Å². The van der Waals surface area contributed by atoms with Crippen LogP contribution in [0, 0.1) is 0 Å². The van der Waals surface area contributed by atoms with E-state index >= 15 is 0 Å². The van der Waals surface area contributed by atoms with E-state index in [2.05, 4.69) is 10.1 Å². The van der Waals surface area contributed by atoms with E-state index in [-0.39, 0.29) is 19.1 Å². The summed E-state index contributed by atoms with van der Waals surface area (Å²) in [5, 5.41) is 2.45. The Bertz CT molecular complexity index is 351. The topological polar surface area (TPSA) is 38.3 Å². The lowest BCUT2D eigenvalue weighted by Crippen LogP contribution is -2.28. The van der Waals surface area contributed by atoms with Gasteiger partial charge in [0.25, 0.3) is 5.91 Å². The second-order valence-corrected chi connectivity index (χ2v) is 3.29. The molecular formula is C11H12F3NO2. The smallest absolute Gasteiger partial charge is 0.370 e. The summed E-state index contributed by atoms with van der Waals surface area (Å²) in [6.45, 7) is -1.42. The fourth-order valence-corrected chi connectivity index (χ4v) is 1.12. The largest absolute Gasteiger partial charge is 0.411 e. The van der Waals surface area contributed by atoms with Gasteiger partial charge < -0.3 is 10.1 Å². The molecule has 0 saturated heterocycles. The van der Waals surface area contributed by atoms with Crippen molar-refractivity contribution in [1.82, 2.24) is 5.32 Å². The zero-order valence-corrected chi connectivity index (χ0v) is 8.96. The van der Waals surface area contributed by atoms with Crippen molar-refractivity contribution < 1.29 is 22.7 Å². The number of rotatable bonds is 5. The molecule has 0 aromatic heterocycles. The summed E-state index contributed by atoms with van der Waals surface area (Å²) in [5.74, 6) is -0.332. The van der Waals surface area contributed by atoms with Crippen LogP contribution in [0.4, 0.5) is 13.2 Å². The first-order chi connectivity index (χ1) is 7.99. The third-order valence-electron chi connectivity index (χ3n) is 1.83. The highest BCUT2D eigenvalue weighted by molar-refractivity contribution is 5.94. The maximum Gasteiger partial charge on any atom is 0.411 e. The van der Waals surface area contributed by atoms with Gasteiger partial charge in [0, 0.05) is 12.1 Å². The Morgan fingerprint density at radius 3 is 2.47 bits per heavy atom. The van der Waals surface area contributed by atoms with Crippen LogP contribution in [0.2, 0.25) is 0 Å². The fourth-order valence-electron chi connectivity index (χ4n) is 1.12. The average molecular weight is 247 g/mol. The molecular weight excluding hydrogens is 235 g/mol. The maximum absolute atomic E-state index is 11.7. The van der Waals surface area contributed by atoms with E-state index in [1.807, 2.05) is 0 Å². The molecule has 0 atom stereocenters. The summed E-state index contributed by atoms with van der Waals surface area (Å²) in [6.07, 6.45) is -4.33. The van der Waals surface area contributed by atoms with Crippen molar-refractivity contribution in [3.05, 3.63) is 35.9 Å². The Hall–Kier alpha value is -1.56. The Morgan fingerprint density at radius 2 is 1.88 bits per heavy atom. The number of benzene rings is 1. The van der Waals surface area contributed by atoms with Crippen LogP contribution in [0.1, 0.15) is 10.4 Å². The summed E-state index contributed by atoms with van der Waals surface area (Å²) in [4.78, 5) is 11.4. The van der Waals surface area contributed by atoms with Crippen LogP contribution in [-0.4, -0.2) is 31.8 Å². The summed E-state index contributed by atoms with van der Waals surface area (Å²) in [5.41, 5.74) is 0.461. The van der Waals surface area contributed by atoms with E-state index in [9.17, 15) is 18.0 Å². The lowest BCUT2D eigenvalue weighted by atomic mass is 10.2. The van der Waals surface area contributed by atoms with E-state index in [0.717, 1.165) is 0 Å². The van der Waals surface area contributed by atoms with Gasteiger partial charge in [-0.25, -0.2) is 0 Å². The summed E-state index contributed by atoms with van der Waals surface area (Å²) >= 11 is 0. The summed E-state index contributed by atoms with van der Waals surface area (Å²) in [6, 6.07) is 8.41. The Morgan fingerprint density at radius 1 is 1.24 bits per heavy atom. The molecule has 1 N–H and O–H groups in total. The van der Waals surface area contributed by atoms with Gasteiger partial charge in [-0.3, -0.25) is 4.79 Å². The molecule has 1 amide bonds. The lowest BCUT2D eigenvalue weighted by Gasteiger charge is -2.08. The minimum Gasteiger partial charge on any atom is -0.370 e. The molecule has 1 aromatic carbocycles. The first-order valence-corrected chi connectivity index (χ1v) is 4.97. The van der Waals surface area contributed by atoms with Gasteiger partial charge in [-0.05, 0) is 12.1 Å². The predicted octanol–water partition coefficient (Wildman–Crippen LogP) is 2.00. The highest BCUT2D eigenvalue weighted by Gasteiger charge is 2.27. The van der Waals surface area contributed by atoms with Crippen LogP contribution in [0.25, 0.3) is 0 Å². The van der Waals surface area contributed by atoms with Crippen molar-refractivity contribution in [1.29, 1.82) is 0 Å². The van der Waals surface area contributed by atoms with Gasteiger partial charge in [0.05, 0.1) is 6.61 Å². The van der Waals surface area contributed by atoms with E-state index < -0.39 is 12.8 Å². The predicted molar refractivity (Wildman–Crippen MR) is 55.6 cm³/mol. The van der Waals surface area contributed by atoms with Gasteiger partial charge in [-0.15, -0.1) is 0 Å². The van der Waals surface area contributed by atoms with Crippen LogP contribution in [0.15, 0.2) is 30.3 Å². The monoisotopic (exact) mass is 247 g/mol. The number of carbonyl (C=O) groups excluding carboxylic acids is 1. The Labute approximate surface area is 96.6 Å². The highest BCUT2D eigenvalue weighted by atomic mass is 19.4. The number of alkyl halides is 3. The van der Waals surface area contributed by atoms with Crippen LogP contribution in [0.5, 0.6) is 0 Å². The van der Waals surface area contributed by atoms with Gasteiger partial charge in [0.2, 0.25) is 0 Å². The second kappa shape index (κ2) is 6.24. The third-order valence-corrected chi connectivity index (χ3v) is 1.83. The van der Waals surface area contributed by atoms with Crippen molar-refractivity contribution in [3.8, 4) is 0 Å². The number of hydrogen-bond donors (Lipinski definition) is 1. The molecule has 0 aliphatic heterocycles. The fraction of sp³-hybridized carbons (Fsp3) is 0.364. The minimum atomic E-state index is -4.33. The van der Waals surface area contributed by atoms with Crippen molar-refractivity contribution >= 4 is 5.91 Å². The standard InChI is InChI=1S/C11H12F3NO2/c12-11(13,14)8-17-7-6-15-10(16)9-4-2-1-3-5-9/h1-5H,6-8H2,(H,15,16). The number of hydrogen-bond acceptors (Lipinski definition) is 2. The number of amides is 1. The molecule has 6 heteroatoms. The average Bonchev–Trinajstić information content (AvgIpc) is 2.28. The van der Waals surface area contributed by atoms with Gasteiger partial charge in [-0.1, -0.05) is 18.2 Å². The van der Waals surface area contributed by atoms with Crippen molar-refractivity contribution in [2.45, 2.75) is 6.18 Å². The minimum absolute atomic E-state index is 0.0454. The Kier molecular flexibility index (Phi) is 4.96. The van der Waals surface area contributed by atoms with E-state index in [1.54, 1.807) is 30.3 Å². The molecule has 0 radical (unpaired) electrons. The number of carbonyl (C=O) groups is 1. The van der Waals surface area contributed by atoms with Gasteiger partial charge >= 0.3 is 6.18 Å². The number of ether oxygens (including phenoxy) is 1. The number of nitrogens with one attached hydrogen (secondary N) is 1. The van der Waals surface area contributed by atoms with E-state index in [0.29, 0.717) is 5.56 Å². The first kappa shape index (κ1) is 13.5. The van der Waals surface area contributed by atoms with Gasteiger partial charge in [0.15, 0.2) is 0 Å². The molecule has 1 rings (SSSR count). The molecule has 0 saturated carbocycles.